The molecule has 7 nitrogen and oxygen atoms in total. The molecule has 0 spiro atoms. The third-order valence-corrected chi connectivity index (χ3v) is 1.99. The number of benzene rings is 1. The van der Waals surface area contributed by atoms with Gasteiger partial charge in [-0.05, 0) is 29.0 Å². The van der Waals surface area contributed by atoms with Crippen molar-refractivity contribution in [2.24, 2.45) is 5.73 Å². The highest BCUT2D eigenvalue weighted by Gasteiger charge is 2.08. The van der Waals surface area contributed by atoms with Crippen LogP contribution in [0.2, 0.25) is 0 Å². The molecule has 2 aromatic rings. The molecule has 3 N–H and O–H groups in total. The Morgan fingerprint density at radius 2 is 2.29 bits per heavy atom. The molecular weight excluding hydrogens is 222 g/mol. The van der Waals surface area contributed by atoms with E-state index in [0.717, 1.165) is 5.56 Å². The summed E-state index contributed by atoms with van der Waals surface area (Å²) in [5, 5.41) is 13.4. The second-order valence-electron chi connectivity index (χ2n) is 3.15. The summed E-state index contributed by atoms with van der Waals surface area (Å²) in [4.78, 5) is 10.7. The van der Waals surface area contributed by atoms with E-state index in [0.29, 0.717) is 17.1 Å². The van der Waals surface area contributed by atoms with Crippen LogP contribution in [0.4, 0.5) is 4.79 Å². The first-order valence-electron chi connectivity index (χ1n) is 4.67. The minimum Gasteiger partial charge on any atom is -0.410 e. The number of carbonyl (C=O) groups is 1. The fourth-order valence-electron chi connectivity index (χ4n) is 1.33. The Labute approximate surface area is 96.3 Å². The number of tetrazole rings is 1. The van der Waals surface area contributed by atoms with Crippen molar-refractivity contribution < 1.29 is 9.53 Å². The summed E-state index contributed by atoms with van der Waals surface area (Å²) in [6.45, 7) is 3.64. The summed E-state index contributed by atoms with van der Waals surface area (Å²) < 4.78 is 4.80. The minimum absolute atomic E-state index is 0.301. The fourth-order valence-corrected chi connectivity index (χ4v) is 1.33. The zero-order valence-electron chi connectivity index (χ0n) is 8.75. The Balaban J connectivity index is 2.45. The topological polar surface area (TPSA) is 107 Å². The molecule has 0 aliphatic carbocycles. The lowest BCUT2D eigenvalue weighted by molar-refractivity contribution is 0.211. The van der Waals surface area contributed by atoms with Crippen LogP contribution in [0, 0.1) is 0 Å². The molecule has 0 atom stereocenters. The lowest BCUT2D eigenvalue weighted by Gasteiger charge is -2.04. The first-order valence-corrected chi connectivity index (χ1v) is 4.67. The summed E-state index contributed by atoms with van der Waals surface area (Å²) in [6.07, 6.45) is 0.725. The molecule has 86 valence electrons. The number of amides is 1. The SMILES string of the molecule is C=Cc1cc(OC(N)=O)cc(-c2nn[nH]n2)c1. The number of nitrogens with one attached hydrogen (secondary N) is 1. The molecule has 0 aliphatic rings. The van der Waals surface area contributed by atoms with Gasteiger partial charge in [0.15, 0.2) is 0 Å². The molecule has 0 fully saturated rings. The van der Waals surface area contributed by atoms with Crippen LogP contribution in [-0.2, 0) is 0 Å². The average molecular weight is 231 g/mol. The number of hydrogen-bond acceptors (Lipinski definition) is 5. The quantitative estimate of drug-likeness (QED) is 0.818. The van der Waals surface area contributed by atoms with Crippen LogP contribution in [0.3, 0.4) is 0 Å². The van der Waals surface area contributed by atoms with Crippen molar-refractivity contribution in [1.82, 2.24) is 20.6 Å². The third kappa shape index (κ3) is 2.46. The Bertz CT molecular complexity index is 550. The van der Waals surface area contributed by atoms with Crippen LogP contribution in [0.1, 0.15) is 5.56 Å². The molecule has 1 aromatic carbocycles. The van der Waals surface area contributed by atoms with Crippen LogP contribution in [-0.4, -0.2) is 26.7 Å². The van der Waals surface area contributed by atoms with Crippen molar-refractivity contribution >= 4 is 12.2 Å². The Morgan fingerprint density at radius 3 is 2.88 bits per heavy atom. The van der Waals surface area contributed by atoms with Gasteiger partial charge in [0, 0.05) is 5.56 Å². The second-order valence-corrected chi connectivity index (χ2v) is 3.15. The van der Waals surface area contributed by atoms with E-state index in [1.54, 1.807) is 24.3 Å². The molecule has 1 aromatic heterocycles. The van der Waals surface area contributed by atoms with Gasteiger partial charge < -0.3 is 10.5 Å². The predicted octanol–water partition coefficient (Wildman–Crippen LogP) is 0.967. The molecular formula is C10H9N5O2. The van der Waals surface area contributed by atoms with E-state index in [1.807, 2.05) is 0 Å². The first kappa shape index (κ1) is 10.8. The fraction of sp³-hybridized carbons (Fsp3) is 0. The third-order valence-electron chi connectivity index (χ3n) is 1.99. The van der Waals surface area contributed by atoms with Crippen LogP contribution in [0.25, 0.3) is 17.5 Å². The molecule has 0 saturated heterocycles. The number of primary amides is 1. The normalized spacial score (nSPS) is 9.88. The number of ether oxygens (including phenoxy) is 1. The zero-order valence-corrected chi connectivity index (χ0v) is 8.75. The molecule has 17 heavy (non-hydrogen) atoms. The molecule has 0 bridgehead atoms. The van der Waals surface area contributed by atoms with E-state index in [4.69, 9.17) is 10.5 Å². The smallest absolute Gasteiger partial charge is 0.409 e. The molecule has 1 amide bonds. The van der Waals surface area contributed by atoms with Gasteiger partial charge in [-0.25, -0.2) is 4.79 Å². The molecule has 0 saturated carbocycles. The van der Waals surface area contributed by atoms with Gasteiger partial charge in [-0.15, -0.1) is 10.2 Å². The number of carbonyl (C=O) groups excluding carboxylic acids is 1. The van der Waals surface area contributed by atoms with Gasteiger partial charge >= 0.3 is 6.09 Å². The predicted molar refractivity (Wildman–Crippen MR) is 59.9 cm³/mol. The second kappa shape index (κ2) is 4.44. The number of hydrogen-bond donors (Lipinski definition) is 2. The van der Waals surface area contributed by atoms with E-state index in [2.05, 4.69) is 27.2 Å². The van der Waals surface area contributed by atoms with Crippen LogP contribution in [0.15, 0.2) is 24.8 Å². The number of aromatic nitrogens is 4. The van der Waals surface area contributed by atoms with Gasteiger partial charge in [-0.2, -0.15) is 5.21 Å². The molecule has 0 radical (unpaired) electrons. The lowest BCUT2D eigenvalue weighted by Crippen LogP contribution is -2.16. The van der Waals surface area contributed by atoms with Gasteiger partial charge in [0.1, 0.15) is 5.75 Å². The molecule has 0 aliphatic heterocycles. The monoisotopic (exact) mass is 231 g/mol. The minimum atomic E-state index is -0.884. The van der Waals surface area contributed by atoms with Crippen molar-refractivity contribution in [3.63, 3.8) is 0 Å². The molecule has 7 heteroatoms. The Morgan fingerprint density at radius 1 is 1.47 bits per heavy atom. The van der Waals surface area contributed by atoms with Crippen LogP contribution in [0.5, 0.6) is 5.75 Å². The van der Waals surface area contributed by atoms with Crippen molar-refractivity contribution in [1.29, 1.82) is 0 Å². The number of nitrogens with zero attached hydrogens (tertiary/aromatic N) is 3. The van der Waals surface area contributed by atoms with Gasteiger partial charge in [-0.1, -0.05) is 12.7 Å². The molecule has 1 heterocycles. The van der Waals surface area contributed by atoms with E-state index in [9.17, 15) is 4.79 Å². The van der Waals surface area contributed by atoms with E-state index in [1.165, 1.54) is 0 Å². The van der Waals surface area contributed by atoms with Gasteiger partial charge in [0.2, 0.25) is 5.82 Å². The molecule has 0 unspecified atom stereocenters. The van der Waals surface area contributed by atoms with Crippen molar-refractivity contribution in [3.05, 3.63) is 30.3 Å². The zero-order chi connectivity index (χ0) is 12.3. The van der Waals surface area contributed by atoms with Gasteiger partial charge in [-0.3, -0.25) is 0 Å². The summed E-state index contributed by atoms with van der Waals surface area (Å²) in [5.74, 6) is 0.692. The lowest BCUT2D eigenvalue weighted by atomic mass is 10.1. The first-order chi connectivity index (χ1) is 8.19. The number of H-pyrrole nitrogens is 1. The number of nitrogens with two attached hydrogens (primary N) is 1. The van der Waals surface area contributed by atoms with Crippen LogP contribution < -0.4 is 10.5 Å². The summed E-state index contributed by atoms with van der Waals surface area (Å²) in [5.41, 5.74) is 6.35. The summed E-state index contributed by atoms with van der Waals surface area (Å²) in [6, 6.07) is 5.00. The summed E-state index contributed by atoms with van der Waals surface area (Å²) >= 11 is 0. The standard InChI is InChI=1S/C10H9N5O2/c1-2-6-3-7(9-12-14-15-13-9)5-8(4-6)17-10(11)16/h2-5H,1H2,(H2,11,16)(H,12,13,14,15). The van der Waals surface area contributed by atoms with Crippen molar-refractivity contribution in [3.8, 4) is 17.1 Å². The van der Waals surface area contributed by atoms with Crippen molar-refractivity contribution in [2.45, 2.75) is 0 Å². The van der Waals surface area contributed by atoms with E-state index >= 15 is 0 Å². The Hall–Kier alpha value is -2.70. The highest BCUT2D eigenvalue weighted by Crippen LogP contribution is 2.23. The van der Waals surface area contributed by atoms with Gasteiger partial charge in [0.05, 0.1) is 0 Å². The van der Waals surface area contributed by atoms with Crippen LogP contribution >= 0.6 is 0 Å². The maximum Gasteiger partial charge on any atom is 0.409 e. The molecule has 2 rings (SSSR count). The highest BCUT2D eigenvalue weighted by atomic mass is 16.5. The van der Waals surface area contributed by atoms with E-state index < -0.39 is 6.09 Å². The maximum absolute atomic E-state index is 10.7. The largest absolute Gasteiger partial charge is 0.410 e. The van der Waals surface area contributed by atoms with Gasteiger partial charge in [0.25, 0.3) is 0 Å². The maximum atomic E-state index is 10.7. The van der Waals surface area contributed by atoms with E-state index in [-0.39, 0.29) is 0 Å². The summed E-state index contributed by atoms with van der Waals surface area (Å²) in [7, 11) is 0. The average Bonchev–Trinajstić information content (AvgIpc) is 2.81. The number of aromatic amines is 1. The number of rotatable bonds is 3. The van der Waals surface area contributed by atoms with Crippen molar-refractivity contribution in [2.75, 3.05) is 0 Å². The highest BCUT2D eigenvalue weighted by molar-refractivity contribution is 5.71. The Kier molecular flexibility index (Phi) is 2.82.